The Morgan fingerprint density at radius 3 is 2.90 bits per heavy atom. The van der Waals surface area contributed by atoms with Crippen molar-refractivity contribution in [1.29, 1.82) is 0 Å². The Morgan fingerprint density at radius 2 is 2.07 bits per heavy atom. The zero-order chi connectivity index (χ0) is 19.2. The van der Waals surface area contributed by atoms with E-state index in [1.165, 1.54) is 29.4 Å². The standard InChI is InChI=1S/C22H33N5O.HI/c1-23-22(27-10-8-18(17-27)16-26-11-13-28-14-12-26)24-9-4-5-19-15-25-21-7-3-2-6-20(19)21;/h2-3,6-7,15,18,25H,4-5,8-14,16-17H2,1H3,(H,23,24);1H. The molecule has 2 aliphatic rings. The van der Waals surface area contributed by atoms with Crippen LogP contribution in [0.15, 0.2) is 35.5 Å². The van der Waals surface area contributed by atoms with Crippen molar-refractivity contribution in [2.45, 2.75) is 19.3 Å². The first-order chi connectivity index (χ1) is 13.8. The minimum absolute atomic E-state index is 0. The number of H-pyrrole nitrogens is 1. The number of para-hydroxylation sites is 1. The van der Waals surface area contributed by atoms with Gasteiger partial charge in [-0.3, -0.25) is 9.89 Å². The number of benzene rings is 1. The van der Waals surface area contributed by atoms with Gasteiger partial charge in [-0.25, -0.2) is 0 Å². The lowest BCUT2D eigenvalue weighted by atomic mass is 10.1. The van der Waals surface area contributed by atoms with Crippen LogP contribution in [-0.2, 0) is 11.2 Å². The number of aliphatic imine (C=N–C) groups is 1. The highest BCUT2D eigenvalue weighted by Gasteiger charge is 2.26. The Bertz CT molecular complexity index is 786. The van der Waals surface area contributed by atoms with Crippen LogP contribution in [0.5, 0.6) is 0 Å². The van der Waals surface area contributed by atoms with Gasteiger partial charge in [0.15, 0.2) is 5.96 Å². The van der Waals surface area contributed by atoms with Crippen LogP contribution in [-0.4, -0.2) is 80.3 Å². The van der Waals surface area contributed by atoms with Crippen LogP contribution in [0.1, 0.15) is 18.4 Å². The van der Waals surface area contributed by atoms with Crippen molar-refractivity contribution in [1.82, 2.24) is 20.1 Å². The minimum Gasteiger partial charge on any atom is -0.379 e. The fourth-order valence-electron chi connectivity index (χ4n) is 4.47. The van der Waals surface area contributed by atoms with Gasteiger partial charge in [0.1, 0.15) is 0 Å². The van der Waals surface area contributed by atoms with Gasteiger partial charge < -0.3 is 19.9 Å². The predicted molar refractivity (Wildman–Crippen MR) is 130 cm³/mol. The molecule has 160 valence electrons. The van der Waals surface area contributed by atoms with E-state index >= 15 is 0 Å². The number of likely N-dealkylation sites (tertiary alicyclic amines) is 1. The number of rotatable bonds is 6. The molecule has 2 saturated heterocycles. The molecule has 0 aliphatic carbocycles. The van der Waals surface area contributed by atoms with Crippen molar-refractivity contribution in [3.63, 3.8) is 0 Å². The summed E-state index contributed by atoms with van der Waals surface area (Å²) in [6.07, 6.45) is 5.59. The molecule has 0 saturated carbocycles. The monoisotopic (exact) mass is 511 g/mol. The molecule has 29 heavy (non-hydrogen) atoms. The van der Waals surface area contributed by atoms with Crippen molar-refractivity contribution in [2.75, 3.05) is 59.5 Å². The highest BCUT2D eigenvalue weighted by molar-refractivity contribution is 14.0. The molecule has 7 heteroatoms. The Kier molecular flexibility index (Phi) is 8.62. The molecule has 2 aliphatic heterocycles. The molecule has 0 spiro atoms. The number of nitrogens with zero attached hydrogens (tertiary/aromatic N) is 3. The van der Waals surface area contributed by atoms with Crippen molar-refractivity contribution >= 4 is 40.8 Å². The molecular formula is C22H34IN5O. The molecule has 2 fully saturated rings. The second-order valence-corrected chi connectivity index (χ2v) is 7.95. The number of fused-ring (bicyclic) bond motifs is 1. The summed E-state index contributed by atoms with van der Waals surface area (Å²) in [6.45, 7) is 8.30. The van der Waals surface area contributed by atoms with Gasteiger partial charge >= 0.3 is 0 Å². The molecule has 3 heterocycles. The first-order valence-electron chi connectivity index (χ1n) is 10.6. The number of aromatic amines is 1. The number of ether oxygens (including phenoxy) is 1. The molecule has 6 nitrogen and oxygen atoms in total. The van der Waals surface area contributed by atoms with Crippen LogP contribution in [0, 0.1) is 5.92 Å². The normalized spacial score (nSPS) is 20.8. The van der Waals surface area contributed by atoms with E-state index in [1.54, 1.807) is 0 Å². The Balaban J connectivity index is 0.00000240. The van der Waals surface area contributed by atoms with Crippen molar-refractivity contribution in [3.05, 3.63) is 36.0 Å². The van der Waals surface area contributed by atoms with Crippen LogP contribution >= 0.6 is 24.0 Å². The molecule has 2 N–H and O–H groups in total. The summed E-state index contributed by atoms with van der Waals surface area (Å²) >= 11 is 0. The van der Waals surface area contributed by atoms with E-state index in [2.05, 4.69) is 55.6 Å². The Morgan fingerprint density at radius 1 is 1.24 bits per heavy atom. The van der Waals surface area contributed by atoms with Gasteiger partial charge in [-0.05, 0) is 36.8 Å². The second kappa shape index (κ2) is 11.2. The van der Waals surface area contributed by atoms with Crippen LogP contribution in [0.25, 0.3) is 10.9 Å². The van der Waals surface area contributed by atoms with Gasteiger partial charge in [0, 0.05) is 63.4 Å². The molecule has 0 bridgehead atoms. The molecule has 4 rings (SSSR count). The van der Waals surface area contributed by atoms with Gasteiger partial charge in [-0.15, -0.1) is 24.0 Å². The van der Waals surface area contributed by atoms with Gasteiger partial charge in [-0.2, -0.15) is 0 Å². The van der Waals surface area contributed by atoms with E-state index < -0.39 is 0 Å². The quantitative estimate of drug-likeness (QED) is 0.271. The number of morpholine rings is 1. The maximum Gasteiger partial charge on any atom is 0.193 e. The largest absolute Gasteiger partial charge is 0.379 e. The van der Waals surface area contributed by atoms with E-state index in [4.69, 9.17) is 4.74 Å². The summed E-state index contributed by atoms with van der Waals surface area (Å²) in [6, 6.07) is 8.53. The van der Waals surface area contributed by atoms with Crippen molar-refractivity contribution < 1.29 is 4.74 Å². The first kappa shape index (κ1) is 22.4. The topological polar surface area (TPSA) is 55.9 Å². The Hall–Kier alpha value is -1.32. The fourth-order valence-corrected chi connectivity index (χ4v) is 4.47. The summed E-state index contributed by atoms with van der Waals surface area (Å²) in [5, 5.41) is 4.92. The van der Waals surface area contributed by atoms with Crippen LogP contribution in [0.4, 0.5) is 0 Å². The summed E-state index contributed by atoms with van der Waals surface area (Å²) in [5.74, 6) is 1.80. The number of aromatic nitrogens is 1. The zero-order valence-corrected chi connectivity index (χ0v) is 19.7. The maximum absolute atomic E-state index is 5.46. The SMILES string of the molecule is CN=C(NCCCc1c[nH]c2ccccc12)N1CCC(CN2CCOCC2)C1.I. The van der Waals surface area contributed by atoms with Gasteiger partial charge in [0.25, 0.3) is 0 Å². The number of nitrogens with one attached hydrogen (secondary N) is 2. The van der Waals surface area contributed by atoms with Gasteiger partial charge in [0.05, 0.1) is 13.2 Å². The summed E-state index contributed by atoms with van der Waals surface area (Å²) in [7, 11) is 1.90. The van der Waals surface area contributed by atoms with E-state index in [0.29, 0.717) is 0 Å². The Labute approximate surface area is 191 Å². The third kappa shape index (κ3) is 5.86. The number of hydrogen-bond acceptors (Lipinski definition) is 3. The number of aryl methyl sites for hydroxylation is 1. The second-order valence-electron chi connectivity index (χ2n) is 7.95. The molecule has 1 unspecified atom stereocenters. The lowest BCUT2D eigenvalue weighted by Gasteiger charge is -2.29. The molecule has 1 aromatic heterocycles. The summed E-state index contributed by atoms with van der Waals surface area (Å²) in [5.41, 5.74) is 2.63. The molecule has 2 aromatic rings. The number of halogens is 1. The zero-order valence-electron chi connectivity index (χ0n) is 17.4. The fraction of sp³-hybridized carbons (Fsp3) is 0.591. The van der Waals surface area contributed by atoms with Crippen molar-refractivity contribution in [2.24, 2.45) is 10.9 Å². The smallest absolute Gasteiger partial charge is 0.193 e. The average Bonchev–Trinajstić information content (AvgIpc) is 3.36. The molecule has 0 amide bonds. The number of hydrogen-bond donors (Lipinski definition) is 2. The van der Waals surface area contributed by atoms with E-state index in [1.807, 2.05) is 7.05 Å². The molecular weight excluding hydrogens is 477 g/mol. The van der Waals surface area contributed by atoms with Crippen LogP contribution < -0.4 is 5.32 Å². The van der Waals surface area contributed by atoms with E-state index in [9.17, 15) is 0 Å². The lowest BCUT2D eigenvalue weighted by molar-refractivity contribution is 0.0315. The van der Waals surface area contributed by atoms with E-state index in [0.717, 1.165) is 70.7 Å². The summed E-state index contributed by atoms with van der Waals surface area (Å²) in [4.78, 5) is 12.9. The third-order valence-electron chi connectivity index (χ3n) is 6.00. The lowest BCUT2D eigenvalue weighted by Crippen LogP contribution is -2.42. The maximum atomic E-state index is 5.46. The highest BCUT2D eigenvalue weighted by atomic mass is 127. The average molecular weight is 511 g/mol. The molecule has 1 atom stereocenters. The predicted octanol–water partition coefficient (Wildman–Crippen LogP) is 2.95. The highest BCUT2D eigenvalue weighted by Crippen LogP contribution is 2.20. The van der Waals surface area contributed by atoms with Gasteiger partial charge in [-0.1, -0.05) is 18.2 Å². The third-order valence-corrected chi connectivity index (χ3v) is 6.00. The summed E-state index contributed by atoms with van der Waals surface area (Å²) < 4.78 is 5.46. The molecule has 0 radical (unpaired) electrons. The minimum atomic E-state index is 0. The van der Waals surface area contributed by atoms with E-state index in [-0.39, 0.29) is 24.0 Å². The number of guanidine groups is 1. The van der Waals surface area contributed by atoms with Crippen molar-refractivity contribution in [3.8, 4) is 0 Å². The van der Waals surface area contributed by atoms with Crippen LogP contribution in [0.3, 0.4) is 0 Å². The van der Waals surface area contributed by atoms with Crippen LogP contribution in [0.2, 0.25) is 0 Å². The molecule has 1 aromatic carbocycles. The first-order valence-corrected chi connectivity index (χ1v) is 10.6. The van der Waals surface area contributed by atoms with Gasteiger partial charge in [0.2, 0.25) is 0 Å².